The van der Waals surface area contributed by atoms with E-state index in [0.29, 0.717) is 60.4 Å². The summed E-state index contributed by atoms with van der Waals surface area (Å²) in [5.74, 6) is 1.57. The number of benzene rings is 2. The lowest BCUT2D eigenvalue weighted by molar-refractivity contribution is 0.0752. The van der Waals surface area contributed by atoms with E-state index in [0.717, 1.165) is 0 Å². The van der Waals surface area contributed by atoms with E-state index in [1.165, 1.54) is 6.26 Å². The predicted molar refractivity (Wildman–Crippen MR) is 142 cm³/mol. The maximum Gasteiger partial charge on any atom is 0.417 e. The molecule has 0 bridgehead atoms. The van der Waals surface area contributed by atoms with Gasteiger partial charge >= 0.3 is 6.09 Å². The largest absolute Gasteiger partial charge is 0.417 e. The number of rotatable bonds is 6. The fourth-order valence-electron chi connectivity index (χ4n) is 4.76. The van der Waals surface area contributed by atoms with Crippen LogP contribution in [0.4, 0.5) is 16.3 Å². The first kappa shape index (κ1) is 25.2. The van der Waals surface area contributed by atoms with E-state index in [2.05, 4.69) is 24.1 Å². The van der Waals surface area contributed by atoms with Crippen LogP contribution >= 0.6 is 0 Å². The van der Waals surface area contributed by atoms with Gasteiger partial charge in [0.25, 0.3) is 0 Å². The first-order valence-electron chi connectivity index (χ1n) is 12.3. The lowest BCUT2D eigenvalue weighted by atomic mass is 10.1. The quantitative estimate of drug-likeness (QED) is 0.507. The predicted octanol–water partition coefficient (Wildman–Crippen LogP) is 4.40. The second-order valence-corrected chi connectivity index (χ2v) is 12.1. The number of anilines is 2. The standard InChI is InChI=1S/C27H30N4O5S/c1-18-16-35-17-19(2)31(18)24-15-23(27(13-14-27)37(3,33)34)29-25(30-24)20-9-11-21(12-10-20)28-26(32)36-22-7-5-4-6-8-22/h4-12,15,18-19H,13-14,16-17H2,1-3H3,(H,28,32)/t18-,19-/m0/s1. The van der Waals surface area contributed by atoms with Gasteiger partial charge in [-0.25, -0.2) is 23.2 Å². The molecule has 1 saturated carbocycles. The molecule has 0 unspecified atom stereocenters. The Balaban J connectivity index is 1.45. The molecule has 2 atom stereocenters. The third-order valence-corrected chi connectivity index (χ3v) is 8.91. The monoisotopic (exact) mass is 522 g/mol. The average molecular weight is 523 g/mol. The number of morpholine rings is 1. The number of nitrogens with zero attached hydrogens (tertiary/aromatic N) is 3. The van der Waals surface area contributed by atoms with Crippen molar-refractivity contribution in [1.82, 2.24) is 9.97 Å². The summed E-state index contributed by atoms with van der Waals surface area (Å²) in [5.41, 5.74) is 1.78. The molecule has 2 aromatic carbocycles. The fraction of sp³-hybridized carbons (Fsp3) is 0.370. The summed E-state index contributed by atoms with van der Waals surface area (Å²) >= 11 is 0. The second kappa shape index (κ2) is 9.75. The van der Waals surface area contributed by atoms with Crippen LogP contribution in [0.5, 0.6) is 5.75 Å². The van der Waals surface area contributed by atoms with Crippen molar-refractivity contribution in [1.29, 1.82) is 0 Å². The second-order valence-electron chi connectivity index (χ2n) is 9.75. The first-order chi connectivity index (χ1) is 17.7. The third kappa shape index (κ3) is 5.17. The number of sulfone groups is 1. The van der Waals surface area contributed by atoms with E-state index in [9.17, 15) is 13.2 Å². The maximum absolute atomic E-state index is 12.7. The van der Waals surface area contributed by atoms with E-state index in [-0.39, 0.29) is 12.1 Å². The van der Waals surface area contributed by atoms with Crippen LogP contribution in [0.1, 0.15) is 32.4 Å². The van der Waals surface area contributed by atoms with E-state index < -0.39 is 20.7 Å². The minimum Gasteiger partial charge on any atom is -0.410 e. The molecular formula is C27H30N4O5S. The molecule has 0 radical (unpaired) electrons. The molecule has 1 aliphatic carbocycles. The molecule has 2 aliphatic rings. The molecule has 37 heavy (non-hydrogen) atoms. The zero-order chi connectivity index (χ0) is 26.2. The number of nitrogens with one attached hydrogen (secondary N) is 1. The Hall–Kier alpha value is -3.50. The fourth-order valence-corrected chi connectivity index (χ4v) is 6.09. The third-order valence-electron chi connectivity index (χ3n) is 6.87. The summed E-state index contributed by atoms with van der Waals surface area (Å²) < 4.78 is 35.4. The normalized spacial score (nSPS) is 20.8. The molecule has 9 nitrogen and oxygen atoms in total. The number of ether oxygens (including phenoxy) is 2. The molecule has 5 rings (SSSR count). The highest BCUT2D eigenvalue weighted by Gasteiger charge is 2.55. The number of hydrogen-bond donors (Lipinski definition) is 1. The maximum atomic E-state index is 12.7. The van der Waals surface area contributed by atoms with Gasteiger partial charge in [-0.2, -0.15) is 0 Å². The van der Waals surface area contributed by atoms with Crippen LogP contribution in [0.2, 0.25) is 0 Å². The summed E-state index contributed by atoms with van der Waals surface area (Å²) in [6, 6.07) is 17.9. The van der Waals surface area contributed by atoms with Crippen molar-refractivity contribution in [2.45, 2.75) is 43.5 Å². The zero-order valence-electron chi connectivity index (χ0n) is 21.0. The van der Waals surface area contributed by atoms with Gasteiger partial charge < -0.3 is 14.4 Å². The number of carbonyl (C=O) groups excluding carboxylic acids is 1. The van der Waals surface area contributed by atoms with Gasteiger partial charge in [0.15, 0.2) is 15.7 Å². The van der Waals surface area contributed by atoms with E-state index in [1.807, 2.05) is 12.1 Å². The van der Waals surface area contributed by atoms with E-state index >= 15 is 0 Å². The van der Waals surface area contributed by atoms with Crippen molar-refractivity contribution in [3.05, 3.63) is 66.4 Å². The van der Waals surface area contributed by atoms with Crippen molar-refractivity contribution in [3.8, 4) is 17.1 Å². The van der Waals surface area contributed by atoms with Crippen LogP contribution in [0.15, 0.2) is 60.7 Å². The summed E-state index contributed by atoms with van der Waals surface area (Å²) in [5, 5.41) is 2.71. The highest BCUT2D eigenvalue weighted by Crippen LogP contribution is 2.52. The van der Waals surface area contributed by atoms with Crippen LogP contribution in [-0.2, 0) is 19.3 Å². The Kier molecular flexibility index (Phi) is 6.63. The Labute approximate surface area is 216 Å². The van der Waals surface area contributed by atoms with Crippen molar-refractivity contribution in [3.63, 3.8) is 0 Å². The van der Waals surface area contributed by atoms with Crippen molar-refractivity contribution < 1.29 is 22.7 Å². The molecule has 1 aliphatic heterocycles. The minimum atomic E-state index is -3.36. The Morgan fingerprint density at radius 3 is 2.27 bits per heavy atom. The van der Waals surface area contributed by atoms with Crippen molar-refractivity contribution in [2.24, 2.45) is 0 Å². The highest BCUT2D eigenvalue weighted by atomic mass is 32.2. The Morgan fingerprint density at radius 2 is 1.68 bits per heavy atom. The minimum absolute atomic E-state index is 0.0786. The summed E-state index contributed by atoms with van der Waals surface area (Å²) in [6.45, 7) is 5.26. The number of aromatic nitrogens is 2. The molecule has 0 spiro atoms. The number of para-hydroxylation sites is 1. The molecule has 2 heterocycles. The van der Waals surface area contributed by atoms with Gasteiger partial charge in [-0.15, -0.1) is 0 Å². The number of amides is 1. The molecule has 1 aromatic heterocycles. The number of hydrogen-bond acceptors (Lipinski definition) is 8. The lowest BCUT2D eigenvalue weighted by Gasteiger charge is -2.40. The SMILES string of the molecule is C[C@H]1COC[C@H](C)N1c1cc(C2(S(C)(=O)=O)CC2)nc(-c2ccc(NC(=O)Oc3ccccc3)cc2)n1. The molecule has 1 amide bonds. The van der Waals surface area contributed by atoms with Crippen LogP contribution < -0.4 is 15.0 Å². The smallest absolute Gasteiger partial charge is 0.410 e. The summed E-state index contributed by atoms with van der Waals surface area (Å²) in [7, 11) is -3.36. The lowest BCUT2D eigenvalue weighted by Crippen LogP contribution is -2.50. The van der Waals surface area contributed by atoms with E-state index in [4.69, 9.17) is 19.4 Å². The van der Waals surface area contributed by atoms with E-state index in [1.54, 1.807) is 48.5 Å². The molecule has 10 heteroatoms. The average Bonchev–Trinajstić information content (AvgIpc) is 3.67. The highest BCUT2D eigenvalue weighted by molar-refractivity contribution is 7.91. The van der Waals surface area contributed by atoms with Gasteiger partial charge in [-0.3, -0.25) is 5.32 Å². The van der Waals surface area contributed by atoms with Gasteiger partial charge in [-0.05, 0) is 63.1 Å². The van der Waals surface area contributed by atoms with Crippen molar-refractivity contribution >= 4 is 27.4 Å². The summed E-state index contributed by atoms with van der Waals surface area (Å²) in [4.78, 5) is 24.0. The summed E-state index contributed by atoms with van der Waals surface area (Å²) in [6.07, 6.45) is 1.76. The van der Waals surface area contributed by atoms with Gasteiger partial charge in [0, 0.05) is 23.6 Å². The van der Waals surface area contributed by atoms with Gasteiger partial charge in [0.2, 0.25) is 0 Å². The Morgan fingerprint density at radius 1 is 1.03 bits per heavy atom. The first-order valence-corrected chi connectivity index (χ1v) is 14.1. The zero-order valence-corrected chi connectivity index (χ0v) is 21.9. The van der Waals surface area contributed by atoms with Crippen LogP contribution in [0.25, 0.3) is 11.4 Å². The molecular weight excluding hydrogens is 492 g/mol. The Bertz CT molecular complexity index is 1380. The topological polar surface area (TPSA) is 111 Å². The van der Waals surface area contributed by atoms with Gasteiger partial charge in [0.05, 0.1) is 31.0 Å². The molecule has 1 N–H and O–H groups in total. The molecule has 2 fully saturated rings. The number of carbonyl (C=O) groups is 1. The molecule has 1 saturated heterocycles. The molecule has 194 valence electrons. The van der Waals surface area contributed by atoms with Crippen molar-refractivity contribution in [2.75, 3.05) is 29.7 Å². The van der Waals surface area contributed by atoms with Gasteiger partial charge in [0.1, 0.15) is 16.3 Å². The van der Waals surface area contributed by atoms with Crippen LogP contribution in [-0.4, -0.2) is 56.0 Å². The van der Waals surface area contributed by atoms with Gasteiger partial charge in [-0.1, -0.05) is 18.2 Å². The molecule has 3 aromatic rings. The van der Waals surface area contributed by atoms with Crippen LogP contribution in [0.3, 0.4) is 0 Å². The van der Waals surface area contributed by atoms with Crippen LogP contribution in [0, 0.1) is 0 Å².